The predicted molar refractivity (Wildman–Crippen MR) is 105 cm³/mol. The van der Waals surface area contributed by atoms with E-state index in [0.29, 0.717) is 11.1 Å². The Balaban J connectivity index is 2.04. The van der Waals surface area contributed by atoms with Crippen molar-refractivity contribution in [1.29, 1.82) is 0 Å². The van der Waals surface area contributed by atoms with Crippen LogP contribution in [0.4, 0.5) is 18.0 Å². The first kappa shape index (κ1) is 20.5. The highest BCUT2D eigenvalue weighted by atomic mass is 19.1. The largest absolute Gasteiger partial charge is 0.430 e. The van der Waals surface area contributed by atoms with Crippen LogP contribution >= 0.6 is 0 Å². The van der Waals surface area contributed by atoms with Crippen molar-refractivity contribution in [3.05, 3.63) is 107 Å². The van der Waals surface area contributed by atoms with Crippen LogP contribution in [0.1, 0.15) is 22.7 Å². The molecule has 158 valence electrons. The van der Waals surface area contributed by atoms with Crippen LogP contribution in [-0.4, -0.2) is 23.4 Å². The summed E-state index contributed by atoms with van der Waals surface area (Å²) in [5, 5.41) is 0. The lowest BCUT2D eigenvalue weighted by atomic mass is 9.77. The van der Waals surface area contributed by atoms with E-state index in [2.05, 4.69) is 0 Å². The number of rotatable bonds is 5. The molecule has 0 aromatic heterocycles. The topological polar surface area (TPSA) is 72.6 Å². The third-order valence-corrected chi connectivity index (χ3v) is 5.25. The average Bonchev–Trinajstić information content (AvgIpc) is 3.02. The van der Waals surface area contributed by atoms with Crippen LogP contribution in [0.3, 0.4) is 0 Å². The summed E-state index contributed by atoms with van der Waals surface area (Å²) in [7, 11) is 0. The number of carbonyl (C=O) groups is 2. The summed E-state index contributed by atoms with van der Waals surface area (Å²) in [4.78, 5) is 25.7. The highest BCUT2D eigenvalue weighted by Gasteiger charge is 2.58. The zero-order valence-corrected chi connectivity index (χ0v) is 16.1. The van der Waals surface area contributed by atoms with Gasteiger partial charge in [-0.15, -0.1) is 0 Å². The molecule has 1 atom stereocenters. The first-order valence-corrected chi connectivity index (χ1v) is 9.37. The van der Waals surface area contributed by atoms with Crippen LogP contribution in [-0.2, 0) is 15.1 Å². The molecule has 3 aromatic rings. The summed E-state index contributed by atoms with van der Waals surface area (Å²) in [5.41, 5.74) is 4.33. The summed E-state index contributed by atoms with van der Waals surface area (Å²) in [6.45, 7) is -0.540. The summed E-state index contributed by atoms with van der Waals surface area (Å²) in [6.07, 6.45) is -0.916. The van der Waals surface area contributed by atoms with Crippen LogP contribution in [0.5, 0.6) is 0 Å². The zero-order valence-electron chi connectivity index (χ0n) is 16.1. The van der Waals surface area contributed by atoms with Gasteiger partial charge in [-0.3, -0.25) is 9.69 Å². The number of cyclic esters (lactones) is 1. The fourth-order valence-electron chi connectivity index (χ4n) is 3.98. The number of carbonyl (C=O) groups excluding carboxylic acids is 2. The molecule has 8 heteroatoms. The lowest BCUT2D eigenvalue weighted by Gasteiger charge is -2.36. The molecule has 5 nitrogen and oxygen atoms in total. The molecule has 0 bridgehead atoms. The number of ether oxygens (including phenoxy) is 1. The van der Waals surface area contributed by atoms with Gasteiger partial charge in [0.05, 0.1) is 0 Å². The molecule has 1 aliphatic rings. The standard InChI is InChI=1S/C23H17F3N2O3/c24-16-9-5-14(6-10-16)23(15-7-11-17(25)12-8-15)21(18-3-1-2-4-19(18)26)28(13-20(27)29)22(30)31-23/h1-12,21H,13H2,(H2,27,29). The van der Waals surface area contributed by atoms with Gasteiger partial charge in [-0.2, -0.15) is 0 Å². The molecule has 2 amide bonds. The molecule has 0 spiro atoms. The van der Waals surface area contributed by atoms with Gasteiger partial charge in [-0.05, 0) is 30.3 Å². The number of benzene rings is 3. The third-order valence-electron chi connectivity index (χ3n) is 5.25. The van der Waals surface area contributed by atoms with Crippen LogP contribution in [0, 0.1) is 17.5 Å². The van der Waals surface area contributed by atoms with Gasteiger partial charge in [-0.25, -0.2) is 18.0 Å². The van der Waals surface area contributed by atoms with Gasteiger partial charge in [0.25, 0.3) is 0 Å². The molecular formula is C23H17F3N2O3. The molecule has 4 rings (SSSR count). The van der Waals surface area contributed by atoms with Gasteiger partial charge >= 0.3 is 6.09 Å². The maximum absolute atomic E-state index is 15.0. The Morgan fingerprint density at radius 2 is 1.42 bits per heavy atom. The normalized spacial score (nSPS) is 17.5. The molecule has 1 heterocycles. The lowest BCUT2D eigenvalue weighted by Crippen LogP contribution is -2.41. The summed E-state index contributed by atoms with van der Waals surface area (Å²) in [5.74, 6) is -2.53. The molecular weight excluding hydrogens is 409 g/mol. The van der Waals surface area contributed by atoms with Gasteiger partial charge in [-0.1, -0.05) is 42.5 Å². The Kier molecular flexibility index (Phi) is 5.14. The number of halogens is 3. The van der Waals surface area contributed by atoms with E-state index in [-0.39, 0.29) is 5.56 Å². The first-order chi connectivity index (χ1) is 14.8. The van der Waals surface area contributed by atoms with E-state index < -0.39 is 47.6 Å². The van der Waals surface area contributed by atoms with E-state index in [4.69, 9.17) is 10.5 Å². The molecule has 3 aromatic carbocycles. The summed E-state index contributed by atoms with van der Waals surface area (Å²) in [6, 6.07) is 14.8. The second kappa shape index (κ2) is 7.79. The minimum absolute atomic E-state index is 0.0586. The van der Waals surface area contributed by atoms with Crippen molar-refractivity contribution >= 4 is 12.0 Å². The van der Waals surface area contributed by atoms with Crippen molar-refractivity contribution in [1.82, 2.24) is 4.90 Å². The molecule has 0 radical (unpaired) electrons. The van der Waals surface area contributed by atoms with Crippen molar-refractivity contribution < 1.29 is 27.5 Å². The van der Waals surface area contributed by atoms with Crippen molar-refractivity contribution in [3.8, 4) is 0 Å². The Bertz CT molecular complexity index is 1090. The molecule has 0 aliphatic carbocycles. The molecule has 1 unspecified atom stereocenters. The Morgan fingerprint density at radius 3 is 1.90 bits per heavy atom. The Morgan fingerprint density at radius 1 is 0.903 bits per heavy atom. The minimum Gasteiger partial charge on any atom is -0.430 e. The van der Waals surface area contributed by atoms with E-state index in [1.165, 1.54) is 66.7 Å². The fraction of sp³-hybridized carbons (Fsp3) is 0.130. The van der Waals surface area contributed by atoms with Gasteiger partial charge in [0, 0.05) is 16.7 Å². The highest BCUT2D eigenvalue weighted by molar-refractivity contribution is 5.83. The lowest BCUT2D eigenvalue weighted by molar-refractivity contribution is -0.118. The Hall–Kier alpha value is -3.81. The molecule has 1 fully saturated rings. The number of nitrogens with two attached hydrogens (primary N) is 1. The van der Waals surface area contributed by atoms with Crippen molar-refractivity contribution in [2.45, 2.75) is 11.6 Å². The van der Waals surface area contributed by atoms with E-state index in [0.717, 1.165) is 4.90 Å². The number of primary amides is 1. The Labute approximate surface area is 175 Å². The van der Waals surface area contributed by atoms with Crippen molar-refractivity contribution in [2.24, 2.45) is 5.73 Å². The number of hydrogen-bond donors (Lipinski definition) is 1. The fourth-order valence-corrected chi connectivity index (χ4v) is 3.98. The first-order valence-electron chi connectivity index (χ1n) is 9.37. The summed E-state index contributed by atoms with van der Waals surface area (Å²) >= 11 is 0. The quantitative estimate of drug-likeness (QED) is 0.670. The zero-order chi connectivity index (χ0) is 22.2. The molecule has 2 N–H and O–H groups in total. The molecule has 31 heavy (non-hydrogen) atoms. The smallest absolute Gasteiger partial charge is 0.412 e. The van der Waals surface area contributed by atoms with Gasteiger partial charge in [0.2, 0.25) is 5.91 Å². The molecule has 0 saturated carbocycles. The molecule has 1 aliphatic heterocycles. The van der Waals surface area contributed by atoms with E-state index >= 15 is 0 Å². The van der Waals surface area contributed by atoms with Gasteiger partial charge < -0.3 is 10.5 Å². The SMILES string of the molecule is NC(=O)CN1C(=O)OC(c2ccc(F)cc2)(c2ccc(F)cc2)C1c1ccccc1F. The second-order valence-electron chi connectivity index (χ2n) is 7.14. The number of amides is 2. The van der Waals surface area contributed by atoms with E-state index in [9.17, 15) is 22.8 Å². The van der Waals surface area contributed by atoms with Crippen LogP contribution in [0.15, 0.2) is 72.8 Å². The minimum atomic E-state index is -1.70. The summed E-state index contributed by atoms with van der Waals surface area (Å²) < 4.78 is 48.1. The number of nitrogens with zero attached hydrogens (tertiary/aromatic N) is 1. The highest BCUT2D eigenvalue weighted by Crippen LogP contribution is 2.52. The van der Waals surface area contributed by atoms with E-state index in [1.807, 2.05) is 0 Å². The van der Waals surface area contributed by atoms with Crippen LogP contribution in [0.2, 0.25) is 0 Å². The van der Waals surface area contributed by atoms with Crippen LogP contribution in [0.25, 0.3) is 0 Å². The maximum atomic E-state index is 15.0. The third kappa shape index (κ3) is 3.50. The van der Waals surface area contributed by atoms with Crippen molar-refractivity contribution in [3.63, 3.8) is 0 Å². The van der Waals surface area contributed by atoms with Gasteiger partial charge in [0.1, 0.15) is 30.0 Å². The van der Waals surface area contributed by atoms with E-state index in [1.54, 1.807) is 6.07 Å². The monoisotopic (exact) mass is 426 g/mol. The molecule has 1 saturated heterocycles. The number of hydrogen-bond acceptors (Lipinski definition) is 3. The van der Waals surface area contributed by atoms with Crippen LogP contribution < -0.4 is 5.73 Å². The second-order valence-corrected chi connectivity index (χ2v) is 7.14. The van der Waals surface area contributed by atoms with Gasteiger partial charge in [0.15, 0.2) is 5.60 Å². The van der Waals surface area contributed by atoms with Crippen molar-refractivity contribution in [2.75, 3.05) is 6.54 Å². The average molecular weight is 426 g/mol. The predicted octanol–water partition coefficient (Wildman–Crippen LogP) is 4.03. The maximum Gasteiger partial charge on any atom is 0.412 e.